The molecule has 0 saturated carbocycles. The van der Waals surface area contributed by atoms with Crippen molar-refractivity contribution < 1.29 is 8.42 Å². The summed E-state index contributed by atoms with van der Waals surface area (Å²) >= 11 is 7.64. The maximum absolute atomic E-state index is 12.0. The Morgan fingerprint density at radius 2 is 2.15 bits per heavy atom. The van der Waals surface area contributed by atoms with Crippen LogP contribution in [0, 0.1) is 0 Å². The molecule has 114 valence electrons. The minimum absolute atomic E-state index is 0.0330. The van der Waals surface area contributed by atoms with Crippen molar-refractivity contribution in [2.45, 2.75) is 24.2 Å². The van der Waals surface area contributed by atoms with Gasteiger partial charge in [-0.3, -0.25) is 0 Å². The number of pyridine rings is 1. The molecule has 0 aliphatic heterocycles. The molecule has 0 fully saturated rings. The number of sulfonamides is 1. The SMILES string of the molecule is CSCCCCCNS(=O)(=O)c1cnc(NN)c(Cl)c1. The van der Waals surface area contributed by atoms with Crippen LogP contribution in [0.2, 0.25) is 5.02 Å². The minimum atomic E-state index is -3.57. The summed E-state index contributed by atoms with van der Waals surface area (Å²) in [6.45, 7) is 0.408. The van der Waals surface area contributed by atoms with Crippen LogP contribution in [-0.4, -0.2) is 32.0 Å². The number of aromatic nitrogens is 1. The van der Waals surface area contributed by atoms with E-state index in [0.717, 1.165) is 25.0 Å². The van der Waals surface area contributed by atoms with E-state index in [9.17, 15) is 8.42 Å². The van der Waals surface area contributed by atoms with Gasteiger partial charge in [0.1, 0.15) is 4.90 Å². The Morgan fingerprint density at radius 1 is 1.40 bits per heavy atom. The molecule has 0 saturated heterocycles. The number of thioether (sulfide) groups is 1. The van der Waals surface area contributed by atoms with Crippen LogP contribution in [0.15, 0.2) is 17.2 Å². The predicted octanol–water partition coefficient (Wildman–Crippen LogP) is 1.83. The van der Waals surface area contributed by atoms with Gasteiger partial charge in [-0.15, -0.1) is 0 Å². The fraction of sp³-hybridized carbons (Fsp3) is 0.545. The molecule has 1 aromatic heterocycles. The standard InChI is InChI=1S/C11H19ClN4O2S2/c1-19-6-4-2-3-5-15-20(17,18)9-7-10(12)11(16-13)14-8-9/h7-8,15H,2-6,13H2,1H3,(H,14,16). The monoisotopic (exact) mass is 338 g/mol. The molecule has 0 spiro atoms. The van der Waals surface area contributed by atoms with E-state index in [1.807, 2.05) is 0 Å². The third-order valence-electron chi connectivity index (χ3n) is 2.58. The van der Waals surface area contributed by atoms with E-state index >= 15 is 0 Å². The van der Waals surface area contributed by atoms with Crippen molar-refractivity contribution in [2.75, 3.05) is 24.0 Å². The summed E-state index contributed by atoms with van der Waals surface area (Å²) in [5.41, 5.74) is 2.29. The summed E-state index contributed by atoms with van der Waals surface area (Å²) < 4.78 is 26.5. The third kappa shape index (κ3) is 5.45. The highest BCUT2D eigenvalue weighted by molar-refractivity contribution is 7.98. The van der Waals surface area contributed by atoms with Gasteiger partial charge in [0.15, 0.2) is 5.82 Å². The van der Waals surface area contributed by atoms with Crippen molar-refractivity contribution in [1.82, 2.24) is 9.71 Å². The number of hydrogen-bond acceptors (Lipinski definition) is 6. The molecule has 0 bridgehead atoms. The van der Waals surface area contributed by atoms with Crippen molar-refractivity contribution >= 4 is 39.2 Å². The number of unbranched alkanes of at least 4 members (excludes halogenated alkanes) is 2. The van der Waals surface area contributed by atoms with Crippen LogP contribution in [-0.2, 0) is 10.0 Å². The molecule has 0 atom stereocenters. The second-order valence-electron chi connectivity index (χ2n) is 4.10. The summed E-state index contributed by atoms with van der Waals surface area (Å²) in [6, 6.07) is 1.32. The molecule has 0 unspecified atom stereocenters. The predicted molar refractivity (Wildman–Crippen MR) is 84.5 cm³/mol. The van der Waals surface area contributed by atoms with E-state index in [1.165, 1.54) is 12.3 Å². The molecule has 20 heavy (non-hydrogen) atoms. The Bertz CT molecular complexity index is 525. The normalized spacial score (nSPS) is 11.6. The van der Waals surface area contributed by atoms with E-state index in [4.69, 9.17) is 17.4 Å². The van der Waals surface area contributed by atoms with Crippen molar-refractivity contribution in [2.24, 2.45) is 5.84 Å². The van der Waals surface area contributed by atoms with Crippen molar-refractivity contribution in [1.29, 1.82) is 0 Å². The van der Waals surface area contributed by atoms with E-state index in [-0.39, 0.29) is 15.7 Å². The number of halogens is 1. The first-order valence-corrected chi connectivity index (χ1v) is 9.37. The fourth-order valence-corrected chi connectivity index (χ4v) is 3.33. The Hall–Kier alpha value is -0.540. The highest BCUT2D eigenvalue weighted by Crippen LogP contribution is 2.21. The lowest BCUT2D eigenvalue weighted by atomic mass is 10.2. The number of anilines is 1. The summed E-state index contributed by atoms with van der Waals surface area (Å²) in [5.74, 6) is 6.52. The highest BCUT2D eigenvalue weighted by atomic mass is 35.5. The average molecular weight is 339 g/mol. The minimum Gasteiger partial charge on any atom is -0.307 e. The molecule has 0 amide bonds. The molecule has 0 aromatic carbocycles. The van der Waals surface area contributed by atoms with E-state index < -0.39 is 10.0 Å². The van der Waals surface area contributed by atoms with Crippen LogP contribution in [0.4, 0.5) is 5.82 Å². The first-order chi connectivity index (χ1) is 9.51. The molecule has 1 heterocycles. The number of nitrogen functional groups attached to an aromatic ring is 1. The van der Waals surface area contributed by atoms with Crippen molar-refractivity contribution in [3.63, 3.8) is 0 Å². The summed E-state index contributed by atoms with van der Waals surface area (Å²) in [7, 11) is -3.57. The Balaban J connectivity index is 2.54. The van der Waals surface area contributed by atoms with Crippen LogP contribution >= 0.6 is 23.4 Å². The van der Waals surface area contributed by atoms with Crippen molar-refractivity contribution in [3.8, 4) is 0 Å². The molecular weight excluding hydrogens is 320 g/mol. The number of nitrogens with two attached hydrogens (primary N) is 1. The average Bonchev–Trinajstić information content (AvgIpc) is 2.42. The second kappa shape index (κ2) is 8.68. The number of rotatable bonds is 9. The summed E-state index contributed by atoms with van der Waals surface area (Å²) in [4.78, 5) is 3.87. The lowest BCUT2D eigenvalue weighted by Crippen LogP contribution is -2.25. The van der Waals surface area contributed by atoms with Gasteiger partial charge in [0.25, 0.3) is 0 Å². The van der Waals surface area contributed by atoms with Gasteiger partial charge < -0.3 is 5.43 Å². The maximum Gasteiger partial charge on any atom is 0.242 e. The molecule has 0 radical (unpaired) electrons. The van der Waals surface area contributed by atoms with Gasteiger partial charge in [0.05, 0.1) is 5.02 Å². The number of hydrazine groups is 1. The van der Waals surface area contributed by atoms with Crippen LogP contribution in [0.3, 0.4) is 0 Å². The fourth-order valence-electron chi connectivity index (χ4n) is 1.51. The Morgan fingerprint density at radius 3 is 2.75 bits per heavy atom. The van der Waals surface area contributed by atoms with E-state index in [1.54, 1.807) is 11.8 Å². The highest BCUT2D eigenvalue weighted by Gasteiger charge is 2.15. The van der Waals surface area contributed by atoms with Gasteiger partial charge in [-0.1, -0.05) is 18.0 Å². The topological polar surface area (TPSA) is 97.1 Å². The second-order valence-corrected chi connectivity index (χ2v) is 7.26. The molecule has 0 aliphatic carbocycles. The third-order valence-corrected chi connectivity index (χ3v) is 4.99. The van der Waals surface area contributed by atoms with Gasteiger partial charge in [-0.2, -0.15) is 11.8 Å². The van der Waals surface area contributed by atoms with Crippen LogP contribution in [0.5, 0.6) is 0 Å². The largest absolute Gasteiger partial charge is 0.307 e. The first-order valence-electron chi connectivity index (χ1n) is 6.12. The van der Waals surface area contributed by atoms with Gasteiger partial charge >= 0.3 is 0 Å². The molecule has 1 aromatic rings. The summed E-state index contributed by atoms with van der Waals surface area (Å²) in [5, 5.41) is 0.162. The van der Waals surface area contributed by atoms with Crippen LogP contribution < -0.4 is 16.0 Å². The molecule has 9 heteroatoms. The molecule has 1 rings (SSSR count). The number of nitrogens with zero attached hydrogens (tertiary/aromatic N) is 1. The van der Waals surface area contributed by atoms with Crippen molar-refractivity contribution in [3.05, 3.63) is 17.3 Å². The van der Waals surface area contributed by atoms with Crippen LogP contribution in [0.25, 0.3) is 0 Å². The van der Waals surface area contributed by atoms with Gasteiger partial charge in [-0.25, -0.2) is 24.0 Å². The molecule has 4 N–H and O–H groups in total. The molecule has 6 nitrogen and oxygen atoms in total. The lowest BCUT2D eigenvalue weighted by molar-refractivity contribution is 0.576. The Labute approximate surface area is 128 Å². The maximum atomic E-state index is 12.0. The van der Waals surface area contributed by atoms with E-state index in [0.29, 0.717) is 6.54 Å². The Kier molecular flexibility index (Phi) is 7.60. The number of nitrogens with one attached hydrogen (secondary N) is 2. The first kappa shape index (κ1) is 17.5. The smallest absolute Gasteiger partial charge is 0.242 e. The number of hydrogen-bond donors (Lipinski definition) is 3. The van der Waals surface area contributed by atoms with Crippen LogP contribution in [0.1, 0.15) is 19.3 Å². The zero-order valence-corrected chi connectivity index (χ0v) is 13.6. The van der Waals surface area contributed by atoms with E-state index in [2.05, 4.69) is 21.4 Å². The molecule has 0 aliphatic rings. The summed E-state index contributed by atoms with van der Waals surface area (Å²) in [6.07, 6.45) is 6.17. The quantitative estimate of drug-likeness (QED) is 0.361. The zero-order chi connectivity index (χ0) is 15.0. The van der Waals surface area contributed by atoms with Gasteiger partial charge in [0.2, 0.25) is 10.0 Å². The molecular formula is C11H19ClN4O2S2. The van der Waals surface area contributed by atoms with Gasteiger partial charge in [-0.05, 0) is 30.9 Å². The zero-order valence-electron chi connectivity index (χ0n) is 11.2. The van der Waals surface area contributed by atoms with Gasteiger partial charge in [0, 0.05) is 12.7 Å². The lowest BCUT2D eigenvalue weighted by Gasteiger charge is -2.08.